The molecule has 2 N–H and O–H groups in total. The van der Waals surface area contributed by atoms with Crippen LogP contribution in [0.15, 0.2) is 30.6 Å². The van der Waals surface area contributed by atoms with Crippen molar-refractivity contribution >= 4 is 17.2 Å². The summed E-state index contributed by atoms with van der Waals surface area (Å²) in [6.07, 6.45) is 8.81. The maximum Gasteiger partial charge on any atom is 0.401 e. The molecule has 0 aromatic carbocycles. The second-order valence-corrected chi connectivity index (χ2v) is 6.71. The minimum absolute atomic E-state index is 0.267. The number of piperidine rings is 1. The van der Waals surface area contributed by atoms with E-state index in [-0.39, 0.29) is 17.1 Å². The molecule has 3 nitrogen and oxygen atoms in total. The van der Waals surface area contributed by atoms with Crippen molar-refractivity contribution in [2.45, 2.75) is 36.5 Å². The van der Waals surface area contributed by atoms with Crippen molar-refractivity contribution in [3.8, 4) is 12.3 Å². The monoisotopic (exact) mass is 351 g/mol. The molecule has 0 radical (unpaired) electrons. The van der Waals surface area contributed by atoms with Crippen LogP contribution >= 0.6 is 12.2 Å². The number of alkyl halides is 3. The topological polar surface area (TPSA) is 42.1 Å². The molecular formula is C17H16F3N3S. The number of pyridine rings is 1. The summed E-state index contributed by atoms with van der Waals surface area (Å²) in [5.74, 6) is 2.52. The summed E-state index contributed by atoms with van der Waals surface area (Å²) in [5, 5.41) is 0. The van der Waals surface area contributed by atoms with E-state index in [1.807, 2.05) is 12.2 Å². The third-order valence-electron chi connectivity index (χ3n) is 4.81. The molecule has 1 aromatic rings. The maximum absolute atomic E-state index is 12.8. The van der Waals surface area contributed by atoms with E-state index in [0.717, 1.165) is 5.56 Å². The highest BCUT2D eigenvalue weighted by Crippen LogP contribution is 2.45. The highest BCUT2D eigenvalue weighted by molar-refractivity contribution is 7.80. The van der Waals surface area contributed by atoms with Gasteiger partial charge in [0.15, 0.2) is 0 Å². The van der Waals surface area contributed by atoms with E-state index in [0.29, 0.717) is 18.4 Å². The average molecular weight is 351 g/mol. The molecule has 1 aromatic heterocycles. The summed E-state index contributed by atoms with van der Waals surface area (Å²) in [6.45, 7) is -0.939. The number of hydrogen-bond acceptors (Lipinski definition) is 3. The van der Waals surface area contributed by atoms with Crippen LogP contribution in [0.3, 0.4) is 0 Å². The number of fused-ring (bicyclic) bond motifs is 2. The maximum atomic E-state index is 12.8. The Kier molecular flexibility index (Phi) is 4.14. The Balaban J connectivity index is 1.95. The quantitative estimate of drug-likeness (QED) is 0.516. The molecule has 2 aliphatic heterocycles. The largest absolute Gasteiger partial charge is 0.401 e. The van der Waals surface area contributed by atoms with Gasteiger partial charge in [0, 0.05) is 30.0 Å². The third kappa shape index (κ3) is 2.92. The van der Waals surface area contributed by atoms with Crippen LogP contribution in [-0.2, 0) is 5.41 Å². The van der Waals surface area contributed by atoms with E-state index in [1.54, 1.807) is 18.5 Å². The van der Waals surface area contributed by atoms with Crippen LogP contribution in [0.25, 0.3) is 0 Å². The van der Waals surface area contributed by atoms with Crippen molar-refractivity contribution in [2.24, 2.45) is 5.73 Å². The van der Waals surface area contributed by atoms with Gasteiger partial charge in [-0.25, -0.2) is 0 Å². The van der Waals surface area contributed by atoms with Gasteiger partial charge in [0.1, 0.15) is 0 Å². The lowest BCUT2D eigenvalue weighted by atomic mass is 9.69. The smallest absolute Gasteiger partial charge is 0.393 e. The van der Waals surface area contributed by atoms with Crippen molar-refractivity contribution in [1.29, 1.82) is 0 Å². The fraction of sp³-hybridized carbons (Fsp3) is 0.412. The molecule has 24 heavy (non-hydrogen) atoms. The molecule has 0 spiro atoms. The zero-order valence-corrected chi connectivity index (χ0v) is 13.6. The zero-order valence-electron chi connectivity index (χ0n) is 12.8. The van der Waals surface area contributed by atoms with Crippen LogP contribution in [0, 0.1) is 12.3 Å². The van der Waals surface area contributed by atoms with Gasteiger partial charge in [-0.3, -0.25) is 9.88 Å². The first kappa shape index (κ1) is 16.9. The minimum atomic E-state index is -4.24. The Bertz CT molecular complexity index is 719. The molecular weight excluding hydrogens is 335 g/mol. The zero-order chi connectivity index (χ0) is 17.5. The number of nitrogens with two attached hydrogens (primary N) is 1. The Morgan fingerprint density at radius 2 is 2.00 bits per heavy atom. The van der Waals surface area contributed by atoms with Gasteiger partial charge in [-0.2, -0.15) is 13.2 Å². The Labute approximate surface area is 143 Å². The number of rotatable bonds is 3. The van der Waals surface area contributed by atoms with Crippen LogP contribution in [-0.4, -0.2) is 39.7 Å². The molecule has 3 heterocycles. The Morgan fingerprint density at radius 1 is 1.38 bits per heavy atom. The van der Waals surface area contributed by atoms with Crippen molar-refractivity contribution < 1.29 is 13.2 Å². The fourth-order valence-electron chi connectivity index (χ4n) is 3.69. The Morgan fingerprint density at radius 3 is 2.50 bits per heavy atom. The summed E-state index contributed by atoms with van der Waals surface area (Å²) < 4.78 is 38.5. The number of thiocarbonyl (C=S) groups is 1. The van der Waals surface area contributed by atoms with Crippen LogP contribution in [0.2, 0.25) is 0 Å². The van der Waals surface area contributed by atoms with Gasteiger partial charge in [0.2, 0.25) is 0 Å². The molecule has 7 heteroatoms. The number of aromatic nitrogens is 1. The van der Waals surface area contributed by atoms with E-state index < -0.39 is 18.1 Å². The number of nitrogens with zero attached hydrogens (tertiary/aromatic N) is 2. The summed E-state index contributed by atoms with van der Waals surface area (Å²) in [4.78, 5) is 5.86. The first-order valence-corrected chi connectivity index (χ1v) is 7.89. The van der Waals surface area contributed by atoms with Gasteiger partial charge in [-0.1, -0.05) is 30.3 Å². The van der Waals surface area contributed by atoms with Gasteiger partial charge in [0.05, 0.1) is 16.9 Å². The van der Waals surface area contributed by atoms with Crippen molar-refractivity contribution in [2.75, 3.05) is 6.54 Å². The predicted molar refractivity (Wildman–Crippen MR) is 89.3 cm³/mol. The van der Waals surface area contributed by atoms with Crippen LogP contribution in [0.5, 0.6) is 0 Å². The Hall–Kier alpha value is -1.91. The second-order valence-electron chi connectivity index (χ2n) is 6.27. The molecule has 0 aliphatic carbocycles. The fourth-order valence-corrected chi connectivity index (χ4v) is 3.98. The standard InChI is InChI=1S/C17H16F3N3S/c1-2-11-5-12(9-22-8-11)16(15(21)24)6-13-3-4-14(7-16)23(13)10-17(18,19)20/h1,3-5,8-9,13-14H,6-7,10H2,(H2,21,24)/t13-,14+,16+. The molecule has 3 rings (SSSR count). The number of terminal acetylenes is 1. The van der Waals surface area contributed by atoms with E-state index >= 15 is 0 Å². The first-order chi connectivity index (χ1) is 11.2. The van der Waals surface area contributed by atoms with Crippen molar-refractivity contribution in [1.82, 2.24) is 9.88 Å². The molecule has 0 amide bonds. The lowest BCUT2D eigenvalue weighted by molar-refractivity contribution is -0.154. The minimum Gasteiger partial charge on any atom is -0.393 e. The number of halogens is 3. The molecule has 0 unspecified atom stereocenters. The molecule has 1 fully saturated rings. The number of hydrogen-bond donors (Lipinski definition) is 1. The third-order valence-corrected chi connectivity index (χ3v) is 5.20. The van der Waals surface area contributed by atoms with Gasteiger partial charge in [-0.05, 0) is 24.5 Å². The first-order valence-electron chi connectivity index (χ1n) is 7.48. The molecule has 2 aliphatic rings. The molecule has 2 bridgehead atoms. The van der Waals surface area contributed by atoms with E-state index in [4.69, 9.17) is 24.4 Å². The van der Waals surface area contributed by atoms with Crippen molar-refractivity contribution in [3.05, 3.63) is 41.7 Å². The van der Waals surface area contributed by atoms with Crippen molar-refractivity contribution in [3.63, 3.8) is 0 Å². The predicted octanol–water partition coefficient (Wildman–Crippen LogP) is 2.55. The molecule has 0 saturated carbocycles. The SMILES string of the molecule is C#Cc1cncc([C@]2(C(N)=S)C[C@H]3C=C[C@@H](C2)N3CC(F)(F)F)c1. The lowest BCUT2D eigenvalue weighted by Gasteiger charge is -2.46. The van der Waals surface area contributed by atoms with E-state index in [9.17, 15) is 13.2 Å². The van der Waals surface area contributed by atoms with E-state index in [2.05, 4.69) is 10.9 Å². The van der Waals surface area contributed by atoms with Crippen LogP contribution in [0.1, 0.15) is 24.0 Å². The summed E-state index contributed by atoms with van der Waals surface area (Å²) in [6, 6.07) is 1.08. The van der Waals surface area contributed by atoms with Gasteiger partial charge >= 0.3 is 6.18 Å². The summed E-state index contributed by atoms with van der Waals surface area (Å²) >= 11 is 5.30. The van der Waals surface area contributed by atoms with Gasteiger partial charge in [0.25, 0.3) is 0 Å². The summed E-state index contributed by atoms with van der Waals surface area (Å²) in [5.41, 5.74) is 6.71. The average Bonchev–Trinajstić information content (AvgIpc) is 2.75. The van der Waals surface area contributed by atoms with Gasteiger partial charge < -0.3 is 5.73 Å². The second kappa shape index (κ2) is 5.87. The lowest BCUT2D eigenvalue weighted by Crippen LogP contribution is -2.56. The molecule has 3 atom stereocenters. The highest BCUT2D eigenvalue weighted by atomic mass is 32.1. The van der Waals surface area contributed by atoms with Gasteiger partial charge in [-0.15, -0.1) is 6.42 Å². The summed E-state index contributed by atoms with van der Waals surface area (Å²) in [7, 11) is 0. The normalized spacial score (nSPS) is 29.4. The van der Waals surface area contributed by atoms with Crippen LogP contribution in [0.4, 0.5) is 13.2 Å². The van der Waals surface area contributed by atoms with E-state index in [1.165, 1.54) is 4.90 Å². The molecule has 1 saturated heterocycles. The van der Waals surface area contributed by atoms with Crippen LogP contribution < -0.4 is 5.73 Å². The highest BCUT2D eigenvalue weighted by Gasteiger charge is 2.51. The molecule has 126 valence electrons.